The van der Waals surface area contributed by atoms with E-state index in [4.69, 9.17) is 20.1 Å². The van der Waals surface area contributed by atoms with E-state index in [2.05, 4.69) is 20.4 Å². The highest BCUT2D eigenvalue weighted by atomic mass is 16.5. The van der Waals surface area contributed by atoms with Gasteiger partial charge in [0.1, 0.15) is 11.5 Å². The fourth-order valence-electron chi connectivity index (χ4n) is 1.52. The Hall–Kier alpha value is -2.61. The summed E-state index contributed by atoms with van der Waals surface area (Å²) in [5.74, 6) is 6.79. The molecular weight excluding hydrogens is 274 g/mol. The number of anilines is 1. The van der Waals surface area contributed by atoms with E-state index in [1.165, 1.54) is 0 Å². The van der Waals surface area contributed by atoms with Crippen LogP contribution in [0.3, 0.4) is 0 Å². The Balaban J connectivity index is 2.15. The molecule has 0 radical (unpaired) electrons. The van der Waals surface area contributed by atoms with Gasteiger partial charge in [-0.1, -0.05) is 0 Å². The van der Waals surface area contributed by atoms with Crippen LogP contribution in [0.4, 0.5) is 5.95 Å². The third kappa shape index (κ3) is 4.18. The molecule has 0 spiro atoms. The number of rotatable bonds is 7. The summed E-state index contributed by atoms with van der Waals surface area (Å²) in [5.41, 5.74) is 2.34. The summed E-state index contributed by atoms with van der Waals surface area (Å²) in [5, 5.41) is 0. The molecule has 0 fully saturated rings. The highest BCUT2D eigenvalue weighted by Gasteiger charge is 2.08. The zero-order valence-electron chi connectivity index (χ0n) is 11.9. The third-order valence-electron chi connectivity index (χ3n) is 2.34. The molecule has 2 aromatic rings. The van der Waals surface area contributed by atoms with Crippen LogP contribution in [0.2, 0.25) is 0 Å². The Kier molecular flexibility index (Phi) is 5.10. The van der Waals surface area contributed by atoms with Gasteiger partial charge < -0.3 is 14.2 Å². The van der Waals surface area contributed by atoms with Crippen molar-refractivity contribution in [3.63, 3.8) is 0 Å². The number of nitrogens with two attached hydrogens (primary N) is 1. The molecule has 3 N–H and O–H groups in total. The summed E-state index contributed by atoms with van der Waals surface area (Å²) in [6, 6.07) is 7.33. The number of aromatic nitrogens is 3. The van der Waals surface area contributed by atoms with Crippen LogP contribution < -0.4 is 25.5 Å². The largest absolute Gasteiger partial charge is 0.494 e. The summed E-state index contributed by atoms with van der Waals surface area (Å²) < 4.78 is 16.1. The summed E-state index contributed by atoms with van der Waals surface area (Å²) in [6.45, 7) is 4.78. The van der Waals surface area contributed by atoms with E-state index in [1.807, 2.05) is 13.8 Å². The first-order valence-electron chi connectivity index (χ1n) is 6.51. The zero-order valence-corrected chi connectivity index (χ0v) is 11.9. The molecule has 2 rings (SSSR count). The van der Waals surface area contributed by atoms with Crippen LogP contribution in [-0.4, -0.2) is 28.2 Å². The number of hydrogen-bond acceptors (Lipinski definition) is 8. The van der Waals surface area contributed by atoms with Crippen LogP contribution in [0, 0.1) is 0 Å². The Morgan fingerprint density at radius 3 is 2.14 bits per heavy atom. The van der Waals surface area contributed by atoms with Gasteiger partial charge in [0.15, 0.2) is 0 Å². The number of ether oxygens (including phenoxy) is 3. The monoisotopic (exact) mass is 291 g/mol. The van der Waals surface area contributed by atoms with E-state index in [0.717, 1.165) is 5.75 Å². The van der Waals surface area contributed by atoms with Gasteiger partial charge >= 0.3 is 12.0 Å². The van der Waals surface area contributed by atoms with Crippen LogP contribution in [-0.2, 0) is 0 Å². The number of nitrogens with one attached hydrogen (secondary N) is 1. The minimum Gasteiger partial charge on any atom is -0.494 e. The first-order chi connectivity index (χ1) is 10.2. The lowest BCUT2D eigenvalue weighted by atomic mass is 10.3. The van der Waals surface area contributed by atoms with Crippen molar-refractivity contribution in [2.24, 2.45) is 5.84 Å². The molecule has 0 saturated heterocycles. The highest BCUT2D eigenvalue weighted by molar-refractivity contribution is 5.34. The molecule has 0 bridgehead atoms. The number of nitrogen functional groups attached to an aromatic ring is 1. The van der Waals surface area contributed by atoms with E-state index >= 15 is 0 Å². The smallest absolute Gasteiger partial charge is 0.330 e. The zero-order chi connectivity index (χ0) is 15.1. The first kappa shape index (κ1) is 14.8. The molecule has 8 nitrogen and oxygen atoms in total. The van der Waals surface area contributed by atoms with Crippen LogP contribution in [0.5, 0.6) is 23.5 Å². The normalized spacial score (nSPS) is 10.0. The molecule has 21 heavy (non-hydrogen) atoms. The maximum atomic E-state index is 5.55. The van der Waals surface area contributed by atoms with E-state index in [1.54, 1.807) is 24.3 Å². The molecule has 1 heterocycles. The average Bonchev–Trinajstić information content (AvgIpc) is 2.49. The maximum absolute atomic E-state index is 5.55. The topological polar surface area (TPSA) is 104 Å². The van der Waals surface area contributed by atoms with Gasteiger partial charge in [-0.25, -0.2) is 5.84 Å². The molecule has 0 aliphatic carbocycles. The molecule has 0 atom stereocenters. The van der Waals surface area contributed by atoms with Gasteiger partial charge in [0.25, 0.3) is 0 Å². The summed E-state index contributed by atoms with van der Waals surface area (Å²) in [6.07, 6.45) is 0. The van der Waals surface area contributed by atoms with Crippen LogP contribution in [0.15, 0.2) is 24.3 Å². The maximum Gasteiger partial charge on any atom is 0.330 e. The average molecular weight is 291 g/mol. The van der Waals surface area contributed by atoms with E-state index < -0.39 is 0 Å². The molecular formula is C13H17N5O3. The Morgan fingerprint density at radius 1 is 0.905 bits per heavy atom. The van der Waals surface area contributed by atoms with Crippen molar-refractivity contribution in [2.45, 2.75) is 13.8 Å². The second-order valence-corrected chi connectivity index (χ2v) is 3.81. The number of hydrogen-bond donors (Lipinski definition) is 2. The molecule has 0 saturated carbocycles. The van der Waals surface area contributed by atoms with Gasteiger partial charge in [-0.15, -0.1) is 4.98 Å². The quantitative estimate of drug-likeness (QED) is 0.587. The predicted molar refractivity (Wildman–Crippen MR) is 76.5 cm³/mol. The first-order valence-corrected chi connectivity index (χ1v) is 6.51. The van der Waals surface area contributed by atoms with E-state index in [0.29, 0.717) is 19.0 Å². The highest BCUT2D eigenvalue weighted by Crippen LogP contribution is 2.23. The minimum atomic E-state index is 0.0885. The van der Waals surface area contributed by atoms with Gasteiger partial charge in [-0.3, -0.25) is 5.43 Å². The van der Waals surface area contributed by atoms with Crippen molar-refractivity contribution in [3.8, 4) is 23.5 Å². The van der Waals surface area contributed by atoms with Crippen LogP contribution >= 0.6 is 0 Å². The lowest BCUT2D eigenvalue weighted by Crippen LogP contribution is -2.12. The molecule has 0 unspecified atom stereocenters. The summed E-state index contributed by atoms with van der Waals surface area (Å²) in [7, 11) is 0. The van der Waals surface area contributed by atoms with Crippen molar-refractivity contribution in [1.82, 2.24) is 15.0 Å². The number of benzene rings is 1. The van der Waals surface area contributed by atoms with Crippen molar-refractivity contribution in [2.75, 3.05) is 18.6 Å². The number of nitrogens with zero attached hydrogens (tertiary/aromatic N) is 3. The second kappa shape index (κ2) is 7.25. The summed E-state index contributed by atoms with van der Waals surface area (Å²) >= 11 is 0. The van der Waals surface area contributed by atoms with E-state index in [-0.39, 0.29) is 18.0 Å². The fraction of sp³-hybridized carbons (Fsp3) is 0.308. The van der Waals surface area contributed by atoms with E-state index in [9.17, 15) is 0 Å². The molecule has 0 aliphatic heterocycles. The van der Waals surface area contributed by atoms with Crippen LogP contribution in [0.25, 0.3) is 0 Å². The Labute approximate surface area is 122 Å². The van der Waals surface area contributed by atoms with Crippen molar-refractivity contribution < 1.29 is 14.2 Å². The number of hydrazine groups is 1. The standard InChI is InChI=1S/C13H17N5O3/c1-3-19-9-5-7-10(8-6-9)21-13-16-11(18-14)15-12(17-13)20-4-2/h5-8H,3-4,14H2,1-2H3,(H,15,16,17,18). The van der Waals surface area contributed by atoms with Gasteiger partial charge in [-0.05, 0) is 38.1 Å². The minimum absolute atomic E-state index is 0.0885. The Bertz CT molecular complexity index is 577. The van der Waals surface area contributed by atoms with Crippen molar-refractivity contribution in [1.29, 1.82) is 0 Å². The molecule has 0 amide bonds. The van der Waals surface area contributed by atoms with Gasteiger partial charge in [-0.2, -0.15) is 9.97 Å². The molecule has 1 aromatic carbocycles. The predicted octanol–water partition coefficient (Wildman–Crippen LogP) is 1.75. The lowest BCUT2D eigenvalue weighted by Gasteiger charge is -2.08. The van der Waals surface area contributed by atoms with Gasteiger partial charge in [0, 0.05) is 0 Å². The second-order valence-electron chi connectivity index (χ2n) is 3.81. The molecule has 0 aliphatic rings. The lowest BCUT2D eigenvalue weighted by molar-refractivity contribution is 0.303. The van der Waals surface area contributed by atoms with Gasteiger partial charge in [0.05, 0.1) is 13.2 Å². The third-order valence-corrected chi connectivity index (χ3v) is 2.34. The van der Waals surface area contributed by atoms with Crippen LogP contribution in [0.1, 0.15) is 13.8 Å². The molecule has 1 aromatic heterocycles. The van der Waals surface area contributed by atoms with Gasteiger partial charge in [0.2, 0.25) is 5.95 Å². The van der Waals surface area contributed by atoms with Crippen molar-refractivity contribution in [3.05, 3.63) is 24.3 Å². The van der Waals surface area contributed by atoms with Crippen molar-refractivity contribution >= 4 is 5.95 Å². The fourth-order valence-corrected chi connectivity index (χ4v) is 1.52. The molecule has 8 heteroatoms. The molecule has 112 valence electrons. The summed E-state index contributed by atoms with van der Waals surface area (Å²) in [4.78, 5) is 12.0. The SMILES string of the molecule is CCOc1ccc(Oc2nc(NN)nc(OCC)n2)cc1. The Morgan fingerprint density at radius 2 is 1.52 bits per heavy atom.